The quantitative estimate of drug-likeness (QED) is 0.184. The molecular weight excluding hydrogens is 558 g/mol. The molecule has 0 saturated carbocycles. The predicted octanol–water partition coefficient (Wildman–Crippen LogP) is 5.02. The lowest BCUT2D eigenvalue weighted by atomic mass is 9.85. The number of hydrogen-bond donors (Lipinski definition) is 0. The number of pyridine rings is 1. The summed E-state index contributed by atoms with van der Waals surface area (Å²) in [6.07, 6.45) is 0.339. The zero-order chi connectivity index (χ0) is 31.7. The summed E-state index contributed by atoms with van der Waals surface area (Å²) in [5.74, 6) is -0.929. The molecule has 0 aliphatic rings. The van der Waals surface area contributed by atoms with Gasteiger partial charge in [0.15, 0.2) is 17.2 Å². The van der Waals surface area contributed by atoms with Crippen molar-refractivity contribution in [3.8, 4) is 34.5 Å². The van der Waals surface area contributed by atoms with Gasteiger partial charge in [0, 0.05) is 36.7 Å². The molecule has 0 saturated heterocycles. The summed E-state index contributed by atoms with van der Waals surface area (Å²) in [7, 11) is 7.58. The number of rotatable bonds is 14. The maximum Gasteiger partial charge on any atom is 0.309 e. The Labute approximate surface area is 251 Å². The zero-order valence-electron chi connectivity index (χ0n) is 25.6. The number of esters is 2. The van der Waals surface area contributed by atoms with Gasteiger partial charge in [0.25, 0.3) is 0 Å². The monoisotopic (exact) mass is 595 g/mol. The van der Waals surface area contributed by atoms with E-state index >= 15 is 0 Å². The molecule has 0 aliphatic carbocycles. The van der Waals surface area contributed by atoms with Crippen LogP contribution in [0.3, 0.4) is 0 Å². The van der Waals surface area contributed by atoms with Crippen LogP contribution in [-0.2, 0) is 14.3 Å². The molecule has 1 heterocycles. The molecule has 3 rings (SSSR count). The molecule has 11 nitrogen and oxygen atoms in total. The number of ketones is 1. The maximum absolute atomic E-state index is 13.4. The van der Waals surface area contributed by atoms with Gasteiger partial charge in [-0.3, -0.25) is 14.4 Å². The number of ether oxygens (including phenoxy) is 7. The minimum Gasteiger partial charge on any atom is -0.497 e. The van der Waals surface area contributed by atoms with Gasteiger partial charge in [-0.05, 0) is 43.3 Å². The molecule has 3 aromatic rings. The molecule has 0 bridgehead atoms. The second-order valence-corrected chi connectivity index (χ2v) is 9.65. The van der Waals surface area contributed by atoms with Crippen LogP contribution in [0, 0.1) is 5.92 Å². The molecule has 2 aromatic carbocycles. The molecule has 0 N–H and O–H groups in total. The van der Waals surface area contributed by atoms with Gasteiger partial charge in [-0.1, -0.05) is 6.92 Å². The molecule has 2 atom stereocenters. The Balaban J connectivity index is 1.96. The third-order valence-electron chi connectivity index (χ3n) is 6.81. The lowest BCUT2D eigenvalue weighted by Crippen LogP contribution is -2.28. The minimum absolute atomic E-state index is 0.105. The SMILES string of the molecule is COc1ccc(OC)c(C(c2cc(OC)ccc2OC)[C@H](C)OC(=O)[C@H](C)CC(=O)c2nccc(OC)c2OC(C)=O)c1. The number of nitrogens with zero attached hydrogens (tertiary/aromatic N) is 1. The number of hydrogen-bond acceptors (Lipinski definition) is 11. The number of Topliss-reactive ketones (excluding diaryl/α,β-unsaturated/α-hetero) is 1. The number of methoxy groups -OCH3 is 5. The van der Waals surface area contributed by atoms with Crippen molar-refractivity contribution in [1.82, 2.24) is 4.98 Å². The lowest BCUT2D eigenvalue weighted by Gasteiger charge is -2.29. The topological polar surface area (TPSA) is 129 Å². The Morgan fingerprint density at radius 3 is 1.74 bits per heavy atom. The van der Waals surface area contributed by atoms with Gasteiger partial charge in [0.1, 0.15) is 29.1 Å². The largest absolute Gasteiger partial charge is 0.497 e. The molecule has 0 fully saturated rings. The van der Waals surface area contributed by atoms with Crippen LogP contribution in [0.5, 0.6) is 34.5 Å². The highest BCUT2D eigenvalue weighted by Gasteiger charge is 2.33. The normalized spacial score (nSPS) is 12.1. The average Bonchev–Trinajstić information content (AvgIpc) is 3.00. The van der Waals surface area contributed by atoms with E-state index in [0.29, 0.717) is 34.1 Å². The van der Waals surface area contributed by atoms with Crippen molar-refractivity contribution < 1.29 is 47.5 Å². The van der Waals surface area contributed by atoms with E-state index in [1.54, 1.807) is 66.6 Å². The molecule has 0 amide bonds. The Morgan fingerprint density at radius 1 is 0.744 bits per heavy atom. The predicted molar refractivity (Wildman–Crippen MR) is 157 cm³/mol. The van der Waals surface area contributed by atoms with E-state index in [0.717, 1.165) is 0 Å². The van der Waals surface area contributed by atoms with Crippen molar-refractivity contribution in [3.63, 3.8) is 0 Å². The summed E-state index contributed by atoms with van der Waals surface area (Å²) in [4.78, 5) is 42.4. The van der Waals surface area contributed by atoms with Crippen LogP contribution in [0.4, 0.5) is 0 Å². The molecule has 230 valence electrons. The molecule has 1 aromatic heterocycles. The smallest absolute Gasteiger partial charge is 0.309 e. The fraction of sp³-hybridized carbons (Fsp3) is 0.375. The molecule has 43 heavy (non-hydrogen) atoms. The summed E-state index contributed by atoms with van der Waals surface area (Å²) in [5.41, 5.74) is 1.25. The van der Waals surface area contributed by atoms with Crippen molar-refractivity contribution in [2.45, 2.75) is 39.2 Å². The molecule has 0 spiro atoms. The van der Waals surface area contributed by atoms with Gasteiger partial charge in [-0.15, -0.1) is 0 Å². The highest BCUT2D eigenvalue weighted by atomic mass is 16.6. The van der Waals surface area contributed by atoms with Crippen LogP contribution in [-0.4, -0.2) is 64.4 Å². The van der Waals surface area contributed by atoms with E-state index in [4.69, 9.17) is 33.2 Å². The van der Waals surface area contributed by atoms with Crippen molar-refractivity contribution in [3.05, 3.63) is 65.5 Å². The van der Waals surface area contributed by atoms with E-state index in [1.807, 2.05) is 12.1 Å². The molecule has 0 radical (unpaired) electrons. The molecule has 0 unspecified atom stereocenters. The first kappa shape index (κ1) is 32.7. The van der Waals surface area contributed by atoms with Gasteiger partial charge >= 0.3 is 11.9 Å². The number of carbonyl (C=O) groups is 3. The van der Waals surface area contributed by atoms with Crippen LogP contribution in [0.25, 0.3) is 0 Å². The Morgan fingerprint density at radius 2 is 1.28 bits per heavy atom. The Hall–Kier alpha value is -4.80. The number of aromatic nitrogens is 1. The van der Waals surface area contributed by atoms with Crippen LogP contribution in [0.15, 0.2) is 48.7 Å². The second kappa shape index (κ2) is 14.9. The summed E-state index contributed by atoms with van der Waals surface area (Å²) in [5, 5.41) is 0. The fourth-order valence-electron chi connectivity index (χ4n) is 4.70. The second-order valence-electron chi connectivity index (χ2n) is 9.65. The summed E-state index contributed by atoms with van der Waals surface area (Å²) >= 11 is 0. The fourth-order valence-corrected chi connectivity index (χ4v) is 4.70. The highest BCUT2D eigenvalue weighted by Crippen LogP contribution is 2.43. The summed E-state index contributed by atoms with van der Waals surface area (Å²) in [6, 6.07) is 12.2. The van der Waals surface area contributed by atoms with E-state index in [9.17, 15) is 14.4 Å². The van der Waals surface area contributed by atoms with Gasteiger partial charge < -0.3 is 33.2 Å². The van der Waals surface area contributed by atoms with Crippen LogP contribution in [0.1, 0.15) is 54.7 Å². The maximum atomic E-state index is 13.4. The number of carbonyl (C=O) groups excluding carboxylic acids is 3. The van der Waals surface area contributed by atoms with Crippen molar-refractivity contribution in [1.29, 1.82) is 0 Å². The third kappa shape index (κ3) is 7.73. The van der Waals surface area contributed by atoms with Gasteiger partial charge in [-0.25, -0.2) is 4.98 Å². The third-order valence-corrected chi connectivity index (χ3v) is 6.81. The van der Waals surface area contributed by atoms with Crippen LogP contribution < -0.4 is 28.4 Å². The van der Waals surface area contributed by atoms with Gasteiger partial charge in [-0.2, -0.15) is 0 Å². The van der Waals surface area contributed by atoms with Crippen molar-refractivity contribution in [2.24, 2.45) is 5.92 Å². The minimum atomic E-state index is -0.867. The zero-order valence-corrected chi connectivity index (χ0v) is 25.6. The first-order valence-corrected chi connectivity index (χ1v) is 13.5. The molecular formula is C32H37NO10. The van der Waals surface area contributed by atoms with Crippen LogP contribution >= 0.6 is 0 Å². The average molecular weight is 596 g/mol. The van der Waals surface area contributed by atoms with Gasteiger partial charge in [0.05, 0.1) is 47.4 Å². The highest BCUT2D eigenvalue weighted by molar-refractivity contribution is 6.00. The summed E-state index contributed by atoms with van der Waals surface area (Å²) < 4.78 is 38.7. The molecule has 0 aliphatic heterocycles. The van der Waals surface area contributed by atoms with Crippen LogP contribution in [0.2, 0.25) is 0 Å². The van der Waals surface area contributed by atoms with E-state index in [1.165, 1.54) is 26.3 Å². The lowest BCUT2D eigenvalue weighted by molar-refractivity contribution is -0.153. The summed E-state index contributed by atoms with van der Waals surface area (Å²) in [6.45, 7) is 4.52. The Kier molecular flexibility index (Phi) is 11.3. The Bertz CT molecular complexity index is 1400. The van der Waals surface area contributed by atoms with Gasteiger partial charge in [0.2, 0.25) is 5.75 Å². The molecule has 11 heteroatoms. The van der Waals surface area contributed by atoms with Crippen molar-refractivity contribution in [2.75, 3.05) is 35.5 Å². The first-order chi connectivity index (χ1) is 20.6. The van der Waals surface area contributed by atoms with E-state index in [-0.39, 0.29) is 23.6 Å². The van der Waals surface area contributed by atoms with E-state index in [2.05, 4.69) is 4.98 Å². The van der Waals surface area contributed by atoms with Crippen molar-refractivity contribution >= 4 is 17.7 Å². The standard InChI is InChI=1S/C32H37NO10/c1-18(15-25(35)30-31(43-20(3)34)28(41-8)13-14-33-30)32(36)42-19(2)29(23-16-21(37-4)9-11-26(23)39-6)24-17-22(38-5)10-12-27(24)40-7/h9-14,16-19,29H,15H2,1-8H3/t18-,19+/m1/s1. The van der Waals surface area contributed by atoms with E-state index < -0.39 is 35.7 Å². The number of benzene rings is 2. The first-order valence-electron chi connectivity index (χ1n) is 13.5.